The maximum Gasteiger partial charge on any atom is 0.300 e. The van der Waals surface area contributed by atoms with Gasteiger partial charge in [0.1, 0.15) is 5.69 Å². The molecule has 0 unspecified atom stereocenters. The summed E-state index contributed by atoms with van der Waals surface area (Å²) in [4.78, 5) is 32.2. The molecule has 0 aliphatic heterocycles. The fourth-order valence-corrected chi connectivity index (χ4v) is 2.49. The number of rotatable bonds is 3. The van der Waals surface area contributed by atoms with Gasteiger partial charge in [-0.2, -0.15) is 0 Å². The van der Waals surface area contributed by atoms with E-state index in [4.69, 9.17) is 9.90 Å². The number of aromatic amines is 1. The second-order valence-corrected chi connectivity index (χ2v) is 7.51. The van der Waals surface area contributed by atoms with Crippen LogP contribution in [0.25, 0.3) is 17.1 Å². The van der Waals surface area contributed by atoms with Gasteiger partial charge in [0.2, 0.25) is 0 Å². The van der Waals surface area contributed by atoms with E-state index in [1.165, 1.54) is 12.3 Å². The number of nitro groups is 1. The molecule has 12 heteroatoms. The number of halogens is 2. The number of nitrogens with one attached hydrogen (secondary N) is 1. The van der Waals surface area contributed by atoms with Crippen molar-refractivity contribution in [3.05, 3.63) is 67.7 Å². The second-order valence-electron chi connectivity index (χ2n) is 5.68. The Morgan fingerprint density at radius 2 is 1.80 bits per heavy atom. The Morgan fingerprint density at radius 3 is 2.37 bits per heavy atom. The summed E-state index contributed by atoms with van der Waals surface area (Å²) in [6, 6.07) is 5.38. The molecule has 2 N–H and O–H groups in total. The molecule has 3 aromatic rings. The van der Waals surface area contributed by atoms with Gasteiger partial charge < -0.3 is 15.0 Å². The van der Waals surface area contributed by atoms with Crippen molar-refractivity contribution >= 4 is 60.6 Å². The van der Waals surface area contributed by atoms with Gasteiger partial charge in [0, 0.05) is 77.9 Å². The minimum atomic E-state index is -0.833. The average molecular weight is 585 g/mol. The zero-order valence-electron chi connectivity index (χ0n) is 16.2. The number of fused-ring (bicyclic) bond motifs is 1. The van der Waals surface area contributed by atoms with Gasteiger partial charge in [-0.25, -0.2) is 4.98 Å². The third kappa shape index (κ3) is 10.5. The van der Waals surface area contributed by atoms with Crippen LogP contribution in [0.15, 0.2) is 51.9 Å². The van der Waals surface area contributed by atoms with Gasteiger partial charge in [0.25, 0.3) is 11.7 Å². The second kappa shape index (κ2) is 13.9. The van der Waals surface area contributed by atoms with Crippen LogP contribution in [0, 0.1) is 10.1 Å². The van der Waals surface area contributed by atoms with Crippen LogP contribution in [0.1, 0.15) is 12.6 Å². The van der Waals surface area contributed by atoms with Crippen LogP contribution in [0.5, 0.6) is 0 Å². The normalized spacial score (nSPS) is 9.63. The molecule has 162 valence electrons. The first-order chi connectivity index (χ1) is 13.6. The molecule has 0 fully saturated rings. The molecule has 0 radical (unpaired) electrons. The summed E-state index contributed by atoms with van der Waals surface area (Å²) in [6.45, 7) is 1.08. The quantitative estimate of drug-likeness (QED) is 0.260. The first-order valence-corrected chi connectivity index (χ1v) is 9.61. The number of hydrogen-bond acceptors (Lipinski definition) is 6. The monoisotopic (exact) mass is 583 g/mol. The number of carboxylic acids is 1. The topological polar surface area (TPSA) is 125 Å². The van der Waals surface area contributed by atoms with Crippen molar-refractivity contribution < 1.29 is 31.9 Å². The zero-order valence-corrected chi connectivity index (χ0v) is 20.5. The third-order valence-corrected chi connectivity index (χ3v) is 3.82. The van der Waals surface area contributed by atoms with Crippen molar-refractivity contribution in [2.75, 3.05) is 14.1 Å². The standard InChI is InChI=1S/C9H10BrN3O2.C7H5BrN2.C2H4O2.Fe/c1-12(2)4-3-8-9(13(14)15)5-7(10)6-11-8;8-5-3-7-6(10-4-5)1-2-9-7;1-2(3)4;/h3-6H,1-2H3;1-4,9H;1H3,(H,3,4);/b4-3+;;;. The summed E-state index contributed by atoms with van der Waals surface area (Å²) in [7, 11) is 3.67. The van der Waals surface area contributed by atoms with Gasteiger partial charge in [-0.05, 0) is 50.1 Å². The van der Waals surface area contributed by atoms with Gasteiger partial charge in [0.05, 0.1) is 16.0 Å². The molecule has 30 heavy (non-hydrogen) atoms. The Balaban J connectivity index is 0.000000483. The molecule has 0 aliphatic rings. The van der Waals surface area contributed by atoms with Gasteiger partial charge in [-0.1, -0.05) is 0 Å². The Hall–Kier alpha value is -2.27. The molecule has 0 aliphatic carbocycles. The Bertz CT molecular complexity index is 1010. The molecule has 0 bridgehead atoms. The van der Waals surface area contributed by atoms with E-state index in [0.29, 0.717) is 10.2 Å². The largest absolute Gasteiger partial charge is 0.481 e. The van der Waals surface area contributed by atoms with Crippen LogP contribution in [-0.2, 0) is 21.9 Å². The van der Waals surface area contributed by atoms with E-state index in [0.717, 1.165) is 22.4 Å². The number of carboxylic acid groups (broad SMARTS) is 1. The van der Waals surface area contributed by atoms with Crippen LogP contribution in [0.3, 0.4) is 0 Å². The van der Waals surface area contributed by atoms with Crippen molar-refractivity contribution in [3.63, 3.8) is 0 Å². The molecule has 3 heterocycles. The van der Waals surface area contributed by atoms with E-state index < -0.39 is 10.9 Å². The number of carbonyl (C=O) groups is 1. The van der Waals surface area contributed by atoms with Crippen LogP contribution in [0.2, 0.25) is 0 Å². The number of H-pyrrole nitrogens is 1. The van der Waals surface area contributed by atoms with Crippen molar-refractivity contribution in [2.45, 2.75) is 6.92 Å². The summed E-state index contributed by atoms with van der Waals surface area (Å²) >= 11 is 6.48. The minimum absolute atomic E-state index is 0. The average Bonchev–Trinajstić information content (AvgIpc) is 3.08. The SMILES string of the molecule is Brc1cnc2cc[nH]c2c1.CC(=O)O.CN(C)/C=C/c1ncc(Br)cc1[N+](=O)[O-].[Fe]. The van der Waals surface area contributed by atoms with Gasteiger partial charge in [-0.3, -0.25) is 19.9 Å². The summed E-state index contributed by atoms with van der Waals surface area (Å²) in [5.74, 6) is -0.833. The van der Waals surface area contributed by atoms with E-state index in [-0.39, 0.29) is 22.8 Å². The minimum Gasteiger partial charge on any atom is -0.481 e. The summed E-state index contributed by atoms with van der Waals surface area (Å²) in [5.41, 5.74) is 2.40. The molecule has 0 aromatic carbocycles. The van der Waals surface area contributed by atoms with Crippen LogP contribution >= 0.6 is 31.9 Å². The number of aromatic nitrogens is 3. The fraction of sp³-hybridized carbons (Fsp3) is 0.167. The molecule has 0 spiro atoms. The maximum absolute atomic E-state index is 10.7. The Labute approximate surface area is 200 Å². The van der Waals surface area contributed by atoms with Crippen molar-refractivity contribution in [1.82, 2.24) is 19.9 Å². The van der Waals surface area contributed by atoms with Crippen LogP contribution in [-0.4, -0.2) is 49.9 Å². The smallest absolute Gasteiger partial charge is 0.300 e. The van der Waals surface area contributed by atoms with Crippen molar-refractivity contribution in [1.29, 1.82) is 0 Å². The predicted octanol–water partition coefficient (Wildman–Crippen LogP) is 4.70. The van der Waals surface area contributed by atoms with E-state index in [2.05, 4.69) is 46.8 Å². The van der Waals surface area contributed by atoms with Crippen LogP contribution in [0.4, 0.5) is 5.69 Å². The molecule has 0 atom stereocenters. The third-order valence-electron chi connectivity index (χ3n) is 2.96. The first kappa shape index (κ1) is 27.7. The summed E-state index contributed by atoms with van der Waals surface area (Å²) in [6.07, 6.45) is 8.51. The summed E-state index contributed by atoms with van der Waals surface area (Å²) in [5, 5.41) is 18.1. The van der Waals surface area contributed by atoms with E-state index in [1.807, 2.05) is 32.4 Å². The molecule has 9 nitrogen and oxygen atoms in total. The number of aliphatic carboxylic acids is 1. The molecule has 0 amide bonds. The summed E-state index contributed by atoms with van der Waals surface area (Å²) < 4.78 is 1.60. The molecule has 0 saturated carbocycles. The predicted molar refractivity (Wildman–Crippen MR) is 118 cm³/mol. The van der Waals surface area contributed by atoms with Crippen molar-refractivity contribution in [2.24, 2.45) is 0 Å². The Kier molecular flexibility index (Phi) is 12.8. The zero-order chi connectivity index (χ0) is 22.0. The van der Waals surface area contributed by atoms with E-state index in [1.54, 1.807) is 23.4 Å². The van der Waals surface area contributed by atoms with Crippen LogP contribution < -0.4 is 0 Å². The molecule has 3 aromatic heterocycles. The number of nitrogens with zero attached hydrogens (tertiary/aromatic N) is 4. The van der Waals surface area contributed by atoms with E-state index in [9.17, 15) is 10.1 Å². The van der Waals surface area contributed by atoms with Gasteiger partial charge in [-0.15, -0.1) is 0 Å². The van der Waals surface area contributed by atoms with Crippen molar-refractivity contribution in [3.8, 4) is 0 Å². The molecule has 0 saturated heterocycles. The number of pyridine rings is 2. The maximum atomic E-state index is 10.7. The molecular formula is C18H19Br2FeN5O4. The van der Waals surface area contributed by atoms with Gasteiger partial charge >= 0.3 is 0 Å². The Morgan fingerprint density at radius 1 is 1.23 bits per heavy atom. The fourth-order valence-electron chi connectivity index (χ4n) is 1.84. The first-order valence-electron chi connectivity index (χ1n) is 8.03. The van der Waals surface area contributed by atoms with E-state index >= 15 is 0 Å². The molecular weight excluding hydrogens is 566 g/mol. The van der Waals surface area contributed by atoms with Gasteiger partial charge in [0.15, 0.2) is 0 Å². The molecule has 3 rings (SSSR count). The number of hydrogen-bond donors (Lipinski definition) is 2.